The van der Waals surface area contributed by atoms with E-state index in [9.17, 15) is 0 Å². The van der Waals surface area contributed by atoms with Gasteiger partial charge in [-0.2, -0.15) is 0 Å². The van der Waals surface area contributed by atoms with E-state index >= 15 is 0 Å². The van der Waals surface area contributed by atoms with Crippen LogP contribution in [0.15, 0.2) is 60.9 Å². The fraction of sp³-hybridized carbons (Fsp3) is 0.133. The van der Waals surface area contributed by atoms with Crippen molar-refractivity contribution in [1.29, 1.82) is 0 Å². The first-order valence-electron chi connectivity index (χ1n) is 5.68. The molecule has 1 heterocycles. The van der Waals surface area contributed by atoms with Crippen molar-refractivity contribution in [3.8, 4) is 0 Å². The first-order chi connectivity index (χ1) is 8.27. The molecule has 0 saturated carbocycles. The smallest absolute Gasteiger partial charge is 0.281 e. The predicted octanol–water partition coefficient (Wildman–Crippen LogP) is -0.505. The molecule has 1 aromatic heterocycles. The maximum atomic E-state index is 2.17. The van der Waals surface area contributed by atoms with Gasteiger partial charge in [-0.15, -0.1) is 0 Å². The number of rotatable bonds is 3. The van der Waals surface area contributed by atoms with Gasteiger partial charge < -0.3 is 12.4 Å². The summed E-state index contributed by atoms with van der Waals surface area (Å²) in [4.78, 5) is 2.10. The van der Waals surface area contributed by atoms with Gasteiger partial charge in [-0.3, -0.25) is 4.90 Å². The number of hydrogen-bond donors (Lipinski definition) is 0. The normalized spacial score (nSPS) is 10.7. The van der Waals surface area contributed by atoms with Crippen LogP contribution in [0.3, 0.4) is 0 Å². The van der Waals surface area contributed by atoms with E-state index < -0.39 is 0 Å². The average Bonchev–Trinajstić information content (AvgIpc) is 2.38. The Morgan fingerprint density at radius 1 is 0.944 bits per heavy atom. The minimum absolute atomic E-state index is 0. The molecule has 2 nitrogen and oxygen atoms in total. The van der Waals surface area contributed by atoms with E-state index in [0.29, 0.717) is 0 Å². The highest BCUT2D eigenvalue weighted by atomic mass is 35.5. The maximum Gasteiger partial charge on any atom is 0.281 e. The van der Waals surface area contributed by atoms with Crippen LogP contribution >= 0.6 is 0 Å². The summed E-state index contributed by atoms with van der Waals surface area (Å²) in [6, 6.07) is 16.4. The zero-order chi connectivity index (χ0) is 12.1. The fourth-order valence-electron chi connectivity index (χ4n) is 1.68. The van der Waals surface area contributed by atoms with E-state index in [4.69, 9.17) is 0 Å². The van der Waals surface area contributed by atoms with Gasteiger partial charge >= 0.3 is 0 Å². The second-order valence-electron chi connectivity index (χ2n) is 4.09. The number of nitrogens with zero attached hydrogens (tertiary/aromatic N) is 2. The van der Waals surface area contributed by atoms with E-state index in [2.05, 4.69) is 66.3 Å². The number of hydrogen-bond acceptors (Lipinski definition) is 1. The molecule has 0 bridgehead atoms. The lowest BCUT2D eigenvalue weighted by molar-refractivity contribution is -0.590. The van der Waals surface area contributed by atoms with Crippen LogP contribution < -0.4 is 17.0 Å². The summed E-state index contributed by atoms with van der Waals surface area (Å²) >= 11 is 0. The van der Waals surface area contributed by atoms with Crippen LogP contribution in [0.4, 0.5) is 0 Å². The first-order valence-corrected chi connectivity index (χ1v) is 5.68. The van der Waals surface area contributed by atoms with Crippen LogP contribution in [0.25, 0.3) is 11.9 Å². The molecule has 0 radical (unpaired) electrons. The maximum absolute atomic E-state index is 2.17. The van der Waals surface area contributed by atoms with Crippen molar-refractivity contribution in [2.75, 3.05) is 14.1 Å². The Morgan fingerprint density at radius 3 is 2.06 bits per heavy atom. The Morgan fingerprint density at radius 2 is 1.50 bits per heavy atom. The molecular formula is C15H17ClN2. The largest absolute Gasteiger partial charge is 1.00 e. The fourth-order valence-corrected chi connectivity index (χ4v) is 1.68. The van der Waals surface area contributed by atoms with Gasteiger partial charge in [-0.05, 0) is 17.7 Å². The van der Waals surface area contributed by atoms with Gasteiger partial charge in [0.15, 0.2) is 0 Å². The van der Waals surface area contributed by atoms with Crippen LogP contribution in [0.1, 0.15) is 5.56 Å². The van der Waals surface area contributed by atoms with Crippen molar-refractivity contribution in [3.63, 3.8) is 0 Å². The summed E-state index contributed by atoms with van der Waals surface area (Å²) in [6.45, 7) is 0. The third-order valence-corrected chi connectivity index (χ3v) is 2.53. The third-order valence-electron chi connectivity index (χ3n) is 2.53. The lowest BCUT2D eigenvalue weighted by Crippen LogP contribution is -3.00. The Balaban J connectivity index is 0.00000162. The van der Waals surface area contributed by atoms with Crippen molar-refractivity contribution in [2.24, 2.45) is 0 Å². The first kappa shape index (κ1) is 14.3. The van der Waals surface area contributed by atoms with Gasteiger partial charge in [-0.25, -0.2) is 4.57 Å². The second kappa shape index (κ2) is 6.82. The zero-order valence-electron chi connectivity index (χ0n) is 10.6. The Labute approximate surface area is 115 Å². The molecule has 0 amide bonds. The molecule has 1 aromatic carbocycles. The molecule has 3 heteroatoms. The summed E-state index contributed by atoms with van der Waals surface area (Å²) in [6.07, 6.45) is 6.27. The average molecular weight is 261 g/mol. The number of halogens is 1. The minimum Gasteiger partial charge on any atom is -1.00 e. The summed E-state index contributed by atoms with van der Waals surface area (Å²) in [7, 11) is 4.10. The summed E-state index contributed by atoms with van der Waals surface area (Å²) in [5, 5.41) is 0. The Hall–Kier alpha value is -1.80. The highest BCUT2D eigenvalue weighted by molar-refractivity contribution is 5.64. The van der Waals surface area contributed by atoms with Gasteiger partial charge in [0, 0.05) is 6.08 Å². The Kier molecular flexibility index (Phi) is 5.40. The number of benzene rings is 1. The van der Waals surface area contributed by atoms with Gasteiger partial charge in [0.1, 0.15) is 0 Å². The Bertz CT molecular complexity index is 492. The minimum atomic E-state index is 0. The van der Waals surface area contributed by atoms with Crippen molar-refractivity contribution in [3.05, 3.63) is 66.5 Å². The van der Waals surface area contributed by atoms with Crippen molar-refractivity contribution >= 4 is 11.9 Å². The monoisotopic (exact) mass is 260 g/mol. The standard InChI is InChI=1S/C15H17N2.ClH/c1-16(2)15(17-11-7-4-8-12-17)13-14-9-5-3-6-10-14;/h3-13H,1-2H3;1H/q+1;/p-1. The van der Waals surface area contributed by atoms with Crippen LogP contribution in [0, 0.1) is 0 Å². The molecule has 0 aliphatic heterocycles. The zero-order valence-corrected chi connectivity index (χ0v) is 11.4. The molecule has 0 fully saturated rings. The molecule has 0 aliphatic rings. The van der Waals surface area contributed by atoms with Gasteiger partial charge in [0.2, 0.25) is 0 Å². The quantitative estimate of drug-likeness (QED) is 0.675. The van der Waals surface area contributed by atoms with Gasteiger partial charge in [0.25, 0.3) is 5.82 Å². The molecule has 94 valence electrons. The summed E-state index contributed by atoms with van der Waals surface area (Å²) in [5.41, 5.74) is 1.20. The number of pyridine rings is 1. The molecule has 0 aliphatic carbocycles. The molecule has 0 saturated heterocycles. The van der Waals surface area contributed by atoms with Crippen LogP contribution in [0.5, 0.6) is 0 Å². The number of aromatic nitrogens is 1. The van der Waals surface area contributed by atoms with Gasteiger partial charge in [0.05, 0.1) is 26.5 Å². The second-order valence-corrected chi connectivity index (χ2v) is 4.09. The topological polar surface area (TPSA) is 7.12 Å². The van der Waals surface area contributed by atoms with Crippen LogP contribution in [-0.4, -0.2) is 19.0 Å². The van der Waals surface area contributed by atoms with E-state index in [0.717, 1.165) is 5.82 Å². The van der Waals surface area contributed by atoms with Gasteiger partial charge in [-0.1, -0.05) is 36.4 Å². The molecular weight excluding hydrogens is 244 g/mol. The lowest BCUT2D eigenvalue weighted by atomic mass is 10.2. The van der Waals surface area contributed by atoms with E-state index in [1.165, 1.54) is 5.56 Å². The van der Waals surface area contributed by atoms with Crippen molar-refractivity contribution < 1.29 is 17.0 Å². The van der Waals surface area contributed by atoms with E-state index in [1.54, 1.807) is 0 Å². The molecule has 2 rings (SSSR count). The summed E-state index contributed by atoms with van der Waals surface area (Å²) < 4.78 is 2.10. The van der Waals surface area contributed by atoms with Crippen LogP contribution in [0.2, 0.25) is 0 Å². The van der Waals surface area contributed by atoms with Crippen molar-refractivity contribution in [2.45, 2.75) is 0 Å². The molecule has 0 spiro atoms. The SMILES string of the molecule is CN(C)C(=Cc1ccccc1)[n+]1ccccc1.[Cl-]. The third kappa shape index (κ3) is 3.60. The molecule has 2 aromatic rings. The van der Waals surface area contributed by atoms with Crippen molar-refractivity contribution in [1.82, 2.24) is 4.90 Å². The molecule has 18 heavy (non-hydrogen) atoms. The predicted molar refractivity (Wildman–Crippen MR) is 70.9 cm³/mol. The van der Waals surface area contributed by atoms with E-state index in [1.807, 2.05) is 24.3 Å². The molecule has 0 atom stereocenters. The highest BCUT2D eigenvalue weighted by Crippen LogP contribution is 2.07. The van der Waals surface area contributed by atoms with E-state index in [-0.39, 0.29) is 12.4 Å². The van der Waals surface area contributed by atoms with Crippen LogP contribution in [-0.2, 0) is 0 Å². The summed E-state index contributed by atoms with van der Waals surface area (Å²) in [5.74, 6) is 1.14. The molecule has 0 N–H and O–H groups in total. The highest BCUT2D eigenvalue weighted by Gasteiger charge is 2.10. The molecule has 0 unspecified atom stereocenters. The lowest BCUT2D eigenvalue weighted by Gasteiger charge is -2.10.